The minimum Gasteiger partial charge on any atom is -0.338 e. The van der Waals surface area contributed by atoms with Crippen LogP contribution in [0.5, 0.6) is 0 Å². The number of pyridine rings is 1. The molecule has 0 unspecified atom stereocenters. The lowest BCUT2D eigenvalue weighted by Crippen LogP contribution is -2.28. The average Bonchev–Trinajstić information content (AvgIpc) is 2.93. The molecule has 0 radical (unpaired) electrons. The summed E-state index contributed by atoms with van der Waals surface area (Å²) in [5.74, 6) is 0.426. The predicted octanol–water partition coefficient (Wildman–Crippen LogP) is 1.57. The summed E-state index contributed by atoms with van der Waals surface area (Å²) >= 11 is 0. The topological polar surface area (TPSA) is 97.6 Å². The van der Waals surface area contributed by atoms with Gasteiger partial charge in [0.15, 0.2) is 5.65 Å². The van der Waals surface area contributed by atoms with Gasteiger partial charge in [-0.3, -0.25) is 15.0 Å². The van der Waals surface area contributed by atoms with Gasteiger partial charge in [0, 0.05) is 19.8 Å². The van der Waals surface area contributed by atoms with Crippen molar-refractivity contribution in [2.75, 3.05) is 11.9 Å². The molecule has 3 rings (SSSR count). The van der Waals surface area contributed by atoms with Crippen LogP contribution < -0.4 is 10.6 Å². The first-order valence-corrected chi connectivity index (χ1v) is 6.84. The number of urea groups is 1. The molecule has 3 aromatic heterocycles. The van der Waals surface area contributed by atoms with Crippen molar-refractivity contribution in [3.8, 4) is 11.4 Å². The van der Waals surface area contributed by atoms with Crippen LogP contribution in [0.2, 0.25) is 0 Å². The molecule has 0 bridgehead atoms. The summed E-state index contributed by atoms with van der Waals surface area (Å²) in [6.45, 7) is 2.39. The smallest absolute Gasteiger partial charge is 0.320 e. The molecular weight excluding hydrogens is 282 g/mol. The van der Waals surface area contributed by atoms with Gasteiger partial charge in [0.25, 0.3) is 0 Å². The van der Waals surface area contributed by atoms with Crippen LogP contribution in [0, 0.1) is 0 Å². The number of fused-ring (bicyclic) bond motifs is 1. The second-order valence-corrected chi connectivity index (χ2v) is 4.62. The van der Waals surface area contributed by atoms with E-state index >= 15 is 0 Å². The number of aryl methyl sites for hydroxylation is 1. The minimum atomic E-state index is -0.301. The summed E-state index contributed by atoms with van der Waals surface area (Å²) in [7, 11) is 1.84. The van der Waals surface area contributed by atoms with Crippen molar-refractivity contribution >= 4 is 23.0 Å². The van der Waals surface area contributed by atoms with Crippen LogP contribution in [0.15, 0.2) is 30.6 Å². The van der Waals surface area contributed by atoms with Crippen LogP contribution in [0.3, 0.4) is 0 Å². The lowest BCUT2D eigenvalue weighted by Gasteiger charge is -2.06. The number of anilines is 1. The third-order valence-corrected chi connectivity index (χ3v) is 3.07. The fourth-order valence-electron chi connectivity index (χ4n) is 2.04. The van der Waals surface area contributed by atoms with Crippen molar-refractivity contribution in [2.45, 2.75) is 6.92 Å². The minimum absolute atomic E-state index is 0.301. The zero-order valence-electron chi connectivity index (χ0n) is 12.2. The van der Waals surface area contributed by atoms with Gasteiger partial charge in [-0.15, -0.1) is 0 Å². The van der Waals surface area contributed by atoms with Crippen molar-refractivity contribution in [1.29, 1.82) is 0 Å². The van der Waals surface area contributed by atoms with Crippen molar-refractivity contribution in [2.24, 2.45) is 7.05 Å². The van der Waals surface area contributed by atoms with E-state index in [0.29, 0.717) is 29.2 Å². The van der Waals surface area contributed by atoms with Crippen molar-refractivity contribution in [3.63, 3.8) is 0 Å². The molecule has 2 N–H and O–H groups in total. The Hall–Kier alpha value is -3.03. The summed E-state index contributed by atoms with van der Waals surface area (Å²) in [6.07, 6.45) is 3.37. The standard InChI is InChI=1S/C14H15N7O/c1-3-15-14(22)20-12-5-4-9-13(19-12)18-10(8-16-9)11-6-7-17-21(11)2/h4-8H,3H2,1-2H3,(H2,15,18,19,20,22). The number of hydrogen-bond donors (Lipinski definition) is 2. The Morgan fingerprint density at radius 3 is 2.86 bits per heavy atom. The molecule has 0 aromatic carbocycles. The Kier molecular flexibility index (Phi) is 3.65. The number of carbonyl (C=O) groups is 1. The average molecular weight is 297 g/mol. The monoisotopic (exact) mass is 297 g/mol. The molecule has 0 saturated heterocycles. The van der Waals surface area contributed by atoms with Gasteiger partial charge in [0.1, 0.15) is 17.0 Å². The Morgan fingerprint density at radius 2 is 2.14 bits per heavy atom. The molecular formula is C14H15N7O. The summed E-state index contributed by atoms with van der Waals surface area (Å²) in [4.78, 5) is 24.7. The molecule has 2 amide bonds. The Bertz CT molecular complexity index is 827. The van der Waals surface area contributed by atoms with Gasteiger partial charge in [-0.1, -0.05) is 0 Å². The maximum atomic E-state index is 11.5. The molecule has 3 heterocycles. The molecule has 3 aromatic rings. The van der Waals surface area contributed by atoms with Gasteiger partial charge >= 0.3 is 6.03 Å². The molecule has 8 heteroatoms. The first-order valence-electron chi connectivity index (χ1n) is 6.84. The quantitative estimate of drug-likeness (QED) is 0.764. The van der Waals surface area contributed by atoms with Gasteiger partial charge in [-0.2, -0.15) is 5.10 Å². The molecule has 8 nitrogen and oxygen atoms in total. The van der Waals surface area contributed by atoms with Gasteiger partial charge < -0.3 is 5.32 Å². The molecule has 0 spiro atoms. The number of nitrogens with zero attached hydrogens (tertiary/aromatic N) is 5. The molecule has 0 fully saturated rings. The van der Waals surface area contributed by atoms with Crippen LogP contribution in [0.4, 0.5) is 10.6 Å². The van der Waals surface area contributed by atoms with E-state index in [1.807, 2.05) is 20.0 Å². The SMILES string of the molecule is CCNC(=O)Nc1ccc2ncc(-c3ccnn3C)nc2n1. The van der Waals surface area contributed by atoms with Crippen molar-refractivity contribution in [3.05, 3.63) is 30.6 Å². The first kappa shape index (κ1) is 13.9. The summed E-state index contributed by atoms with van der Waals surface area (Å²) in [5.41, 5.74) is 2.65. The van der Waals surface area contributed by atoms with E-state index in [0.717, 1.165) is 5.69 Å². The Morgan fingerprint density at radius 1 is 1.27 bits per heavy atom. The fourth-order valence-corrected chi connectivity index (χ4v) is 2.04. The second kappa shape index (κ2) is 5.76. The van der Waals surface area contributed by atoms with Crippen LogP contribution in [0.1, 0.15) is 6.92 Å². The number of amides is 2. The second-order valence-electron chi connectivity index (χ2n) is 4.62. The van der Waals surface area contributed by atoms with E-state index in [9.17, 15) is 4.79 Å². The maximum absolute atomic E-state index is 11.5. The Labute approximate surface area is 126 Å². The maximum Gasteiger partial charge on any atom is 0.320 e. The van der Waals surface area contributed by atoms with Crippen LogP contribution in [-0.2, 0) is 7.05 Å². The van der Waals surface area contributed by atoms with E-state index in [2.05, 4.69) is 30.7 Å². The van der Waals surface area contributed by atoms with Crippen molar-refractivity contribution in [1.82, 2.24) is 30.0 Å². The number of hydrogen-bond acceptors (Lipinski definition) is 5. The molecule has 0 aliphatic heterocycles. The number of aromatic nitrogens is 5. The van der Waals surface area contributed by atoms with Crippen LogP contribution in [-0.4, -0.2) is 37.3 Å². The highest BCUT2D eigenvalue weighted by Crippen LogP contribution is 2.18. The highest BCUT2D eigenvalue weighted by molar-refractivity contribution is 5.89. The van der Waals surface area contributed by atoms with E-state index in [4.69, 9.17) is 0 Å². The first-order chi connectivity index (χ1) is 10.7. The largest absolute Gasteiger partial charge is 0.338 e. The lowest BCUT2D eigenvalue weighted by molar-refractivity contribution is 0.252. The zero-order chi connectivity index (χ0) is 15.5. The van der Waals surface area contributed by atoms with E-state index in [1.54, 1.807) is 29.2 Å². The van der Waals surface area contributed by atoms with E-state index < -0.39 is 0 Å². The molecule has 0 aliphatic rings. The third-order valence-electron chi connectivity index (χ3n) is 3.07. The van der Waals surface area contributed by atoms with Crippen LogP contribution in [0.25, 0.3) is 22.6 Å². The van der Waals surface area contributed by atoms with E-state index in [-0.39, 0.29) is 6.03 Å². The fraction of sp³-hybridized carbons (Fsp3) is 0.214. The normalized spacial score (nSPS) is 10.6. The van der Waals surface area contributed by atoms with Gasteiger partial charge in [-0.05, 0) is 25.1 Å². The van der Waals surface area contributed by atoms with Gasteiger partial charge in [0.05, 0.1) is 11.9 Å². The van der Waals surface area contributed by atoms with Crippen LogP contribution >= 0.6 is 0 Å². The lowest BCUT2D eigenvalue weighted by atomic mass is 10.3. The highest BCUT2D eigenvalue weighted by atomic mass is 16.2. The molecule has 22 heavy (non-hydrogen) atoms. The van der Waals surface area contributed by atoms with Crippen molar-refractivity contribution < 1.29 is 4.79 Å². The summed E-state index contributed by atoms with van der Waals surface area (Å²) in [5, 5.41) is 9.41. The zero-order valence-corrected chi connectivity index (χ0v) is 12.2. The Balaban J connectivity index is 1.96. The van der Waals surface area contributed by atoms with Gasteiger partial charge in [-0.25, -0.2) is 14.8 Å². The number of nitrogens with one attached hydrogen (secondary N) is 2. The molecule has 112 valence electrons. The highest BCUT2D eigenvalue weighted by Gasteiger charge is 2.08. The predicted molar refractivity (Wildman–Crippen MR) is 82.2 cm³/mol. The summed E-state index contributed by atoms with van der Waals surface area (Å²) in [6, 6.07) is 5.01. The molecule has 0 saturated carbocycles. The molecule has 0 aliphatic carbocycles. The third kappa shape index (κ3) is 2.71. The number of rotatable bonds is 3. The number of carbonyl (C=O) groups excluding carboxylic acids is 1. The van der Waals surface area contributed by atoms with E-state index in [1.165, 1.54) is 0 Å². The van der Waals surface area contributed by atoms with Gasteiger partial charge in [0.2, 0.25) is 0 Å². The molecule has 0 atom stereocenters. The summed E-state index contributed by atoms with van der Waals surface area (Å²) < 4.78 is 1.71.